The first-order valence-corrected chi connectivity index (χ1v) is 9.74. The van der Waals surface area contributed by atoms with Gasteiger partial charge in [-0.3, -0.25) is 9.48 Å². The number of carbonyl (C=O) groups excluding carboxylic acids is 2. The number of nitrogens with zero attached hydrogens (tertiary/aromatic N) is 3. The molecule has 0 atom stereocenters. The lowest BCUT2D eigenvalue weighted by molar-refractivity contribution is -0.141. The van der Waals surface area contributed by atoms with Crippen LogP contribution in [0, 0.1) is 11.7 Å². The maximum absolute atomic E-state index is 14.6. The minimum atomic E-state index is -4.68. The van der Waals surface area contributed by atoms with Crippen molar-refractivity contribution >= 4 is 28.8 Å². The van der Waals surface area contributed by atoms with Gasteiger partial charge in [-0.1, -0.05) is 6.07 Å². The van der Waals surface area contributed by atoms with Crippen molar-refractivity contribution in [3.63, 3.8) is 0 Å². The van der Waals surface area contributed by atoms with Gasteiger partial charge in [0.1, 0.15) is 23.2 Å². The van der Waals surface area contributed by atoms with Gasteiger partial charge in [0.25, 0.3) is 5.91 Å². The molecule has 31 heavy (non-hydrogen) atoms. The Hall–Kier alpha value is -3.30. The van der Waals surface area contributed by atoms with Crippen molar-refractivity contribution < 1.29 is 27.2 Å². The summed E-state index contributed by atoms with van der Waals surface area (Å²) in [5, 5.41) is 7.14. The third-order valence-electron chi connectivity index (χ3n) is 5.42. The standard InChI is InChI=1S/C21H18F4N4O2/c22-16-9-14(26-20(31)17-2-1-3-18(27-17)21(23,24)25)8-13-10-29(28-19(13)16)15-6-4-12(11-30)5-7-15/h1-3,8-12,15H,4-7H2,(H,26,31). The lowest BCUT2D eigenvalue weighted by atomic mass is 9.87. The van der Waals surface area contributed by atoms with Gasteiger partial charge in [0.05, 0.1) is 6.04 Å². The normalized spacial score (nSPS) is 19.4. The average molecular weight is 434 g/mol. The van der Waals surface area contributed by atoms with Gasteiger partial charge in [-0.2, -0.15) is 18.3 Å². The Kier molecular flexibility index (Phi) is 5.47. The molecule has 10 heteroatoms. The van der Waals surface area contributed by atoms with E-state index in [4.69, 9.17) is 0 Å². The first-order chi connectivity index (χ1) is 14.7. The summed E-state index contributed by atoms with van der Waals surface area (Å²) in [5.41, 5.74) is -1.41. The monoisotopic (exact) mass is 434 g/mol. The van der Waals surface area contributed by atoms with Crippen molar-refractivity contribution in [2.45, 2.75) is 37.9 Å². The number of aromatic nitrogens is 3. The topological polar surface area (TPSA) is 76.9 Å². The van der Waals surface area contributed by atoms with Crippen LogP contribution in [-0.2, 0) is 11.0 Å². The molecule has 0 spiro atoms. The summed E-state index contributed by atoms with van der Waals surface area (Å²) < 4.78 is 54.7. The molecule has 4 rings (SSSR count). The van der Waals surface area contributed by atoms with E-state index in [0.29, 0.717) is 5.39 Å². The number of carbonyl (C=O) groups is 2. The van der Waals surface area contributed by atoms with E-state index in [1.165, 1.54) is 6.07 Å². The van der Waals surface area contributed by atoms with Crippen molar-refractivity contribution in [3.05, 3.63) is 53.7 Å². The van der Waals surface area contributed by atoms with E-state index in [1.54, 1.807) is 10.9 Å². The highest BCUT2D eigenvalue weighted by atomic mass is 19.4. The maximum Gasteiger partial charge on any atom is 0.433 e. The number of anilines is 1. The number of aldehydes is 1. The molecule has 2 heterocycles. The molecule has 1 N–H and O–H groups in total. The lowest BCUT2D eigenvalue weighted by Crippen LogP contribution is -2.19. The number of hydrogen-bond acceptors (Lipinski definition) is 4. The Balaban J connectivity index is 1.55. The van der Waals surface area contributed by atoms with Crippen LogP contribution in [0.2, 0.25) is 0 Å². The highest BCUT2D eigenvalue weighted by molar-refractivity contribution is 6.03. The third kappa shape index (κ3) is 4.42. The Morgan fingerprint density at radius 2 is 1.90 bits per heavy atom. The fraction of sp³-hybridized carbons (Fsp3) is 0.333. The van der Waals surface area contributed by atoms with E-state index in [9.17, 15) is 27.2 Å². The van der Waals surface area contributed by atoms with Crippen molar-refractivity contribution in [3.8, 4) is 0 Å². The van der Waals surface area contributed by atoms with Crippen molar-refractivity contribution in [1.29, 1.82) is 0 Å². The van der Waals surface area contributed by atoms with E-state index < -0.39 is 29.3 Å². The molecule has 1 amide bonds. The number of pyridine rings is 1. The van der Waals surface area contributed by atoms with E-state index >= 15 is 0 Å². The number of nitrogens with one attached hydrogen (secondary N) is 1. The molecule has 1 saturated carbocycles. The molecule has 0 radical (unpaired) electrons. The molecule has 0 bridgehead atoms. The fourth-order valence-electron chi connectivity index (χ4n) is 3.79. The van der Waals surface area contributed by atoms with Crippen LogP contribution in [0.1, 0.15) is 47.9 Å². The Labute approximate surface area is 174 Å². The number of amides is 1. The number of alkyl halides is 3. The summed E-state index contributed by atoms with van der Waals surface area (Å²) in [7, 11) is 0. The summed E-state index contributed by atoms with van der Waals surface area (Å²) in [6.45, 7) is 0. The molecule has 162 valence electrons. The highest BCUT2D eigenvalue weighted by Crippen LogP contribution is 2.33. The van der Waals surface area contributed by atoms with Gasteiger partial charge >= 0.3 is 6.18 Å². The number of hydrogen-bond donors (Lipinski definition) is 1. The molecule has 0 saturated heterocycles. The van der Waals surface area contributed by atoms with Crippen LogP contribution in [0.25, 0.3) is 10.9 Å². The van der Waals surface area contributed by atoms with Gasteiger partial charge in [-0.25, -0.2) is 9.37 Å². The van der Waals surface area contributed by atoms with Gasteiger partial charge < -0.3 is 10.1 Å². The summed E-state index contributed by atoms with van der Waals surface area (Å²) in [6.07, 6.45) is 0.955. The predicted octanol–water partition coefficient (Wildman–Crippen LogP) is 4.77. The molecule has 3 aromatic rings. The van der Waals surface area contributed by atoms with Gasteiger partial charge in [0.2, 0.25) is 0 Å². The summed E-state index contributed by atoms with van der Waals surface area (Å²) >= 11 is 0. The zero-order valence-corrected chi connectivity index (χ0v) is 16.2. The minimum absolute atomic E-state index is 0.0456. The number of rotatable bonds is 4. The first kappa shape index (κ1) is 21.0. The molecule has 2 aromatic heterocycles. The maximum atomic E-state index is 14.6. The van der Waals surface area contributed by atoms with Gasteiger partial charge in [0.15, 0.2) is 5.82 Å². The summed E-state index contributed by atoms with van der Waals surface area (Å²) in [5.74, 6) is -1.50. The van der Waals surface area contributed by atoms with Crippen LogP contribution >= 0.6 is 0 Å². The molecule has 1 aromatic carbocycles. The molecule has 0 unspecified atom stereocenters. The molecular formula is C21H18F4N4O2. The lowest BCUT2D eigenvalue weighted by Gasteiger charge is -2.25. The Morgan fingerprint density at radius 1 is 1.16 bits per heavy atom. The zero-order valence-electron chi connectivity index (χ0n) is 16.2. The Bertz CT molecular complexity index is 1130. The second kappa shape index (κ2) is 8.09. The van der Waals surface area contributed by atoms with Crippen LogP contribution in [0.4, 0.5) is 23.2 Å². The van der Waals surface area contributed by atoms with Crippen LogP contribution in [0.3, 0.4) is 0 Å². The van der Waals surface area contributed by atoms with Gasteiger partial charge in [-0.15, -0.1) is 0 Å². The zero-order chi connectivity index (χ0) is 22.2. The third-order valence-corrected chi connectivity index (χ3v) is 5.42. The Morgan fingerprint density at radius 3 is 2.58 bits per heavy atom. The van der Waals surface area contributed by atoms with E-state index in [-0.39, 0.29) is 23.2 Å². The quantitative estimate of drug-likeness (QED) is 0.474. The average Bonchev–Trinajstić information content (AvgIpc) is 3.18. The number of halogens is 4. The largest absolute Gasteiger partial charge is 0.433 e. The SMILES string of the molecule is O=CC1CCC(n2cc3cc(NC(=O)c4cccc(C(F)(F)F)n4)cc(F)c3n2)CC1. The minimum Gasteiger partial charge on any atom is -0.321 e. The number of benzene rings is 1. The van der Waals surface area contributed by atoms with E-state index in [1.807, 2.05) is 0 Å². The van der Waals surface area contributed by atoms with E-state index in [2.05, 4.69) is 15.4 Å². The smallest absolute Gasteiger partial charge is 0.321 e. The summed E-state index contributed by atoms with van der Waals surface area (Å²) in [6, 6.07) is 5.61. The molecule has 1 aliphatic carbocycles. The molecule has 0 aliphatic heterocycles. The molecule has 6 nitrogen and oxygen atoms in total. The first-order valence-electron chi connectivity index (χ1n) is 9.74. The summed E-state index contributed by atoms with van der Waals surface area (Å²) in [4.78, 5) is 26.6. The molecular weight excluding hydrogens is 416 g/mol. The van der Waals surface area contributed by atoms with Crippen LogP contribution in [0.5, 0.6) is 0 Å². The molecule has 1 fully saturated rings. The van der Waals surface area contributed by atoms with Gasteiger partial charge in [-0.05, 0) is 49.9 Å². The fourth-order valence-corrected chi connectivity index (χ4v) is 3.79. The van der Waals surface area contributed by atoms with Crippen molar-refractivity contribution in [2.24, 2.45) is 5.92 Å². The van der Waals surface area contributed by atoms with Crippen LogP contribution < -0.4 is 5.32 Å². The van der Waals surface area contributed by atoms with Crippen LogP contribution in [0.15, 0.2) is 36.5 Å². The van der Waals surface area contributed by atoms with Crippen molar-refractivity contribution in [1.82, 2.24) is 14.8 Å². The molecule has 1 aliphatic rings. The predicted molar refractivity (Wildman–Crippen MR) is 104 cm³/mol. The second-order valence-electron chi connectivity index (χ2n) is 7.57. The van der Waals surface area contributed by atoms with Crippen molar-refractivity contribution in [2.75, 3.05) is 5.32 Å². The number of fused-ring (bicyclic) bond motifs is 1. The highest BCUT2D eigenvalue weighted by Gasteiger charge is 2.33. The van der Waals surface area contributed by atoms with Gasteiger partial charge in [0, 0.05) is 23.2 Å². The van der Waals surface area contributed by atoms with E-state index in [0.717, 1.165) is 56.2 Å². The van der Waals surface area contributed by atoms with Crippen LogP contribution in [-0.4, -0.2) is 27.0 Å². The second-order valence-corrected chi connectivity index (χ2v) is 7.57.